The van der Waals surface area contributed by atoms with Crippen LogP contribution in [0, 0.1) is 12.8 Å². The van der Waals surface area contributed by atoms with Crippen LogP contribution in [0.15, 0.2) is 67.3 Å². The van der Waals surface area contributed by atoms with Crippen LogP contribution in [0.2, 0.25) is 0 Å². The van der Waals surface area contributed by atoms with Crippen LogP contribution in [-0.2, 0) is 18.3 Å². The SMILES string of the molecule is C=CCOC[C@H](O)CN(Cc1c(-c2ccccc2)nn(C)c1Oc1ccc(C)cc1)CC(C)C. The molecule has 0 bridgehead atoms. The van der Waals surface area contributed by atoms with Crippen molar-refractivity contribution in [3.63, 3.8) is 0 Å². The summed E-state index contributed by atoms with van der Waals surface area (Å²) in [6, 6.07) is 18.2. The number of hydrogen-bond donors (Lipinski definition) is 1. The highest BCUT2D eigenvalue weighted by atomic mass is 16.5. The lowest BCUT2D eigenvalue weighted by atomic mass is 10.1. The Kier molecular flexibility index (Phi) is 9.45. The maximum Gasteiger partial charge on any atom is 0.222 e. The Morgan fingerprint density at radius 2 is 1.79 bits per heavy atom. The summed E-state index contributed by atoms with van der Waals surface area (Å²) in [7, 11) is 1.91. The maximum atomic E-state index is 10.6. The van der Waals surface area contributed by atoms with Gasteiger partial charge in [0.2, 0.25) is 5.88 Å². The fraction of sp³-hybridized carbons (Fsp3) is 0.393. The van der Waals surface area contributed by atoms with Gasteiger partial charge in [0.1, 0.15) is 11.4 Å². The predicted molar refractivity (Wildman–Crippen MR) is 137 cm³/mol. The van der Waals surface area contributed by atoms with E-state index in [1.54, 1.807) is 10.8 Å². The molecule has 1 N–H and O–H groups in total. The van der Waals surface area contributed by atoms with E-state index in [1.807, 2.05) is 49.5 Å². The van der Waals surface area contributed by atoms with E-state index in [-0.39, 0.29) is 6.61 Å². The van der Waals surface area contributed by atoms with E-state index < -0.39 is 6.10 Å². The molecule has 6 heteroatoms. The first-order chi connectivity index (χ1) is 16.4. The van der Waals surface area contributed by atoms with Crippen molar-refractivity contribution in [1.29, 1.82) is 0 Å². The number of aliphatic hydroxyl groups excluding tert-OH is 1. The molecule has 6 nitrogen and oxygen atoms in total. The molecule has 0 unspecified atom stereocenters. The van der Waals surface area contributed by atoms with E-state index in [4.69, 9.17) is 14.6 Å². The van der Waals surface area contributed by atoms with E-state index in [9.17, 15) is 5.11 Å². The van der Waals surface area contributed by atoms with Gasteiger partial charge in [-0.15, -0.1) is 6.58 Å². The third-order valence-corrected chi connectivity index (χ3v) is 5.39. The van der Waals surface area contributed by atoms with Gasteiger partial charge in [0.25, 0.3) is 0 Å². The lowest BCUT2D eigenvalue weighted by molar-refractivity contribution is 0.0222. The van der Waals surface area contributed by atoms with Crippen molar-refractivity contribution in [1.82, 2.24) is 14.7 Å². The molecule has 0 aliphatic carbocycles. The van der Waals surface area contributed by atoms with Gasteiger partial charge < -0.3 is 14.6 Å². The highest BCUT2D eigenvalue weighted by Gasteiger charge is 2.24. The van der Waals surface area contributed by atoms with Crippen LogP contribution in [0.3, 0.4) is 0 Å². The summed E-state index contributed by atoms with van der Waals surface area (Å²) in [5, 5.41) is 15.4. The predicted octanol–water partition coefficient (Wildman–Crippen LogP) is 5.21. The molecule has 0 fully saturated rings. The number of aromatic nitrogens is 2. The van der Waals surface area contributed by atoms with Gasteiger partial charge in [-0.1, -0.05) is 68.0 Å². The van der Waals surface area contributed by atoms with Crippen molar-refractivity contribution < 1.29 is 14.6 Å². The van der Waals surface area contributed by atoms with Gasteiger partial charge in [0.05, 0.1) is 24.9 Å². The Bertz CT molecular complexity index is 1030. The standard InChI is InChI=1S/C28H37N3O3/c1-6-16-33-20-24(32)18-31(17-21(2)3)19-26-27(23-10-8-7-9-11-23)29-30(5)28(26)34-25-14-12-22(4)13-15-25/h6-15,21,24,32H,1,16-20H2,2-5H3/t24-/m1/s1. The number of ether oxygens (including phenoxy) is 2. The molecule has 0 amide bonds. The zero-order valence-corrected chi connectivity index (χ0v) is 20.8. The molecule has 3 rings (SSSR count). The molecule has 2 aromatic carbocycles. The largest absolute Gasteiger partial charge is 0.439 e. The molecule has 0 aliphatic heterocycles. The van der Waals surface area contributed by atoms with Crippen LogP contribution in [0.5, 0.6) is 11.6 Å². The van der Waals surface area contributed by atoms with Crippen LogP contribution in [0.4, 0.5) is 0 Å². The topological polar surface area (TPSA) is 59.8 Å². The molecule has 1 atom stereocenters. The first-order valence-corrected chi connectivity index (χ1v) is 11.8. The second kappa shape index (κ2) is 12.5. The van der Waals surface area contributed by atoms with Crippen LogP contribution in [0.1, 0.15) is 25.0 Å². The number of aryl methyl sites for hydroxylation is 2. The molecule has 0 radical (unpaired) electrons. The zero-order valence-electron chi connectivity index (χ0n) is 20.8. The van der Waals surface area contributed by atoms with Crippen LogP contribution in [0.25, 0.3) is 11.3 Å². The Labute approximate surface area is 203 Å². The summed E-state index contributed by atoms with van der Waals surface area (Å²) in [5.41, 5.74) is 4.09. The third kappa shape index (κ3) is 7.29. The summed E-state index contributed by atoms with van der Waals surface area (Å²) in [5.74, 6) is 1.90. The van der Waals surface area contributed by atoms with Crippen molar-refractivity contribution in [3.05, 3.63) is 78.4 Å². The first-order valence-electron chi connectivity index (χ1n) is 11.8. The van der Waals surface area contributed by atoms with Gasteiger partial charge in [0, 0.05) is 32.2 Å². The molecule has 1 aromatic heterocycles. The Morgan fingerprint density at radius 1 is 1.09 bits per heavy atom. The molecular formula is C28H37N3O3. The Hall–Kier alpha value is -2.93. The minimum Gasteiger partial charge on any atom is -0.439 e. The molecule has 0 saturated carbocycles. The van der Waals surface area contributed by atoms with Crippen LogP contribution in [-0.4, -0.2) is 52.2 Å². The summed E-state index contributed by atoms with van der Waals surface area (Å²) in [6.45, 7) is 12.7. The molecule has 182 valence electrons. The molecule has 0 spiro atoms. The van der Waals surface area contributed by atoms with E-state index >= 15 is 0 Å². The van der Waals surface area contributed by atoms with E-state index in [2.05, 4.69) is 44.4 Å². The Balaban J connectivity index is 1.94. The number of benzene rings is 2. The van der Waals surface area contributed by atoms with Crippen molar-refractivity contribution >= 4 is 0 Å². The van der Waals surface area contributed by atoms with Crippen molar-refractivity contribution in [3.8, 4) is 22.9 Å². The minimum atomic E-state index is -0.600. The van der Waals surface area contributed by atoms with Gasteiger partial charge in [-0.05, 0) is 25.0 Å². The van der Waals surface area contributed by atoms with Crippen molar-refractivity contribution in [2.75, 3.05) is 26.3 Å². The van der Waals surface area contributed by atoms with E-state index in [0.717, 1.165) is 29.1 Å². The van der Waals surface area contributed by atoms with Crippen molar-refractivity contribution in [2.45, 2.75) is 33.4 Å². The molecular weight excluding hydrogens is 426 g/mol. The van der Waals surface area contributed by atoms with Gasteiger partial charge in [-0.2, -0.15) is 5.10 Å². The quantitative estimate of drug-likeness (QED) is 0.279. The minimum absolute atomic E-state index is 0.270. The second-order valence-electron chi connectivity index (χ2n) is 9.10. The fourth-order valence-electron chi connectivity index (χ4n) is 3.95. The maximum absolute atomic E-state index is 10.6. The lowest BCUT2D eigenvalue weighted by Crippen LogP contribution is -2.37. The number of hydrogen-bond acceptors (Lipinski definition) is 5. The van der Waals surface area contributed by atoms with Gasteiger partial charge in [-0.25, -0.2) is 4.68 Å². The molecule has 34 heavy (non-hydrogen) atoms. The summed E-state index contributed by atoms with van der Waals surface area (Å²) in [4.78, 5) is 2.25. The lowest BCUT2D eigenvalue weighted by Gasteiger charge is -2.27. The molecule has 3 aromatic rings. The third-order valence-electron chi connectivity index (χ3n) is 5.39. The number of aliphatic hydroxyl groups is 1. The smallest absolute Gasteiger partial charge is 0.222 e. The van der Waals surface area contributed by atoms with Gasteiger partial charge >= 0.3 is 0 Å². The first kappa shape index (κ1) is 25.7. The molecule has 0 saturated heterocycles. The molecule has 0 aliphatic rings. The number of rotatable bonds is 13. The summed E-state index contributed by atoms with van der Waals surface area (Å²) < 4.78 is 13.6. The zero-order chi connectivity index (χ0) is 24.5. The average molecular weight is 464 g/mol. The fourth-order valence-corrected chi connectivity index (χ4v) is 3.95. The van der Waals surface area contributed by atoms with Crippen molar-refractivity contribution in [2.24, 2.45) is 13.0 Å². The summed E-state index contributed by atoms with van der Waals surface area (Å²) in [6.07, 6.45) is 1.09. The van der Waals surface area contributed by atoms with E-state index in [0.29, 0.717) is 31.5 Å². The normalized spacial score (nSPS) is 12.3. The van der Waals surface area contributed by atoms with E-state index in [1.165, 1.54) is 5.56 Å². The van der Waals surface area contributed by atoms with Gasteiger partial charge in [0.15, 0.2) is 0 Å². The monoisotopic (exact) mass is 463 g/mol. The average Bonchev–Trinajstić information content (AvgIpc) is 3.10. The van der Waals surface area contributed by atoms with Crippen LogP contribution < -0.4 is 4.74 Å². The highest BCUT2D eigenvalue weighted by Crippen LogP contribution is 2.34. The second-order valence-corrected chi connectivity index (χ2v) is 9.10. The van der Waals surface area contributed by atoms with Crippen LogP contribution >= 0.6 is 0 Å². The van der Waals surface area contributed by atoms with Gasteiger partial charge in [-0.3, -0.25) is 4.90 Å². The molecule has 1 heterocycles. The highest BCUT2D eigenvalue weighted by molar-refractivity contribution is 5.65. The number of nitrogens with zero attached hydrogens (tertiary/aromatic N) is 3. The Morgan fingerprint density at radius 3 is 2.44 bits per heavy atom. The summed E-state index contributed by atoms with van der Waals surface area (Å²) >= 11 is 0.